The van der Waals surface area contributed by atoms with Crippen LogP contribution < -0.4 is 14.5 Å². The van der Waals surface area contributed by atoms with E-state index in [0.29, 0.717) is 0 Å². The van der Waals surface area contributed by atoms with Gasteiger partial charge in [0.05, 0.1) is 17.1 Å². The molecule has 0 spiro atoms. The molecule has 0 amide bonds. The van der Waals surface area contributed by atoms with Crippen LogP contribution in [0, 0.1) is 0 Å². The van der Waals surface area contributed by atoms with E-state index in [9.17, 15) is 0 Å². The van der Waals surface area contributed by atoms with Gasteiger partial charge < -0.3 is 14.5 Å². The summed E-state index contributed by atoms with van der Waals surface area (Å²) < 4.78 is 6.47. The predicted octanol–water partition coefficient (Wildman–Crippen LogP) is 13.9. The van der Waals surface area contributed by atoms with Crippen LogP contribution in [-0.4, -0.2) is 0 Å². The Morgan fingerprint density at radius 2 is 1.08 bits per heavy atom. The molecule has 8 aromatic rings. The summed E-state index contributed by atoms with van der Waals surface area (Å²) in [5.41, 5.74) is 13.8. The fourth-order valence-corrected chi connectivity index (χ4v) is 8.21. The molecule has 0 radical (unpaired) electrons. The van der Waals surface area contributed by atoms with Gasteiger partial charge in [-0.25, -0.2) is 0 Å². The summed E-state index contributed by atoms with van der Waals surface area (Å²) in [6.07, 6.45) is 0. The topological polar surface area (TPSA) is 15.7 Å². The number of nitrogens with zero attached hydrogens (tertiary/aromatic N) is 2. The first-order valence-corrected chi connectivity index (χ1v) is 17.9. The Balaban J connectivity index is 1.13. The molecule has 10 rings (SSSR count). The fraction of sp³-hybridized carbons (Fsp3) is 0.0612. The van der Waals surface area contributed by atoms with Crippen molar-refractivity contribution < 1.29 is 4.74 Å². The van der Waals surface area contributed by atoms with Crippen molar-refractivity contribution in [1.82, 2.24) is 0 Å². The molecule has 0 atom stereocenters. The first-order chi connectivity index (χ1) is 25.5. The molecule has 0 unspecified atom stereocenters. The SMILES string of the molecule is CC1(C)c2cc(N(c3ccc(-c4ccccc4)cc3)c3ccc(-c4cccc5ccccc45)cc3)ccc2N2c3ccccc3Oc3cccc1c32. The maximum absolute atomic E-state index is 6.47. The molecule has 2 heterocycles. The second kappa shape index (κ2) is 11.8. The van der Waals surface area contributed by atoms with Crippen LogP contribution in [0.4, 0.5) is 34.1 Å². The second-order valence-electron chi connectivity index (χ2n) is 14.2. The van der Waals surface area contributed by atoms with Gasteiger partial charge in [0, 0.05) is 22.5 Å². The van der Waals surface area contributed by atoms with Crippen LogP contribution in [0.25, 0.3) is 33.0 Å². The number of para-hydroxylation sites is 3. The lowest BCUT2D eigenvalue weighted by molar-refractivity contribution is 0.471. The zero-order valence-corrected chi connectivity index (χ0v) is 29.1. The Kier molecular flexibility index (Phi) is 6.84. The lowest BCUT2D eigenvalue weighted by Crippen LogP contribution is -2.32. The zero-order valence-electron chi connectivity index (χ0n) is 29.1. The average Bonchev–Trinajstić information content (AvgIpc) is 3.20. The lowest BCUT2D eigenvalue weighted by atomic mass is 9.73. The van der Waals surface area contributed by atoms with Crippen molar-refractivity contribution >= 4 is 44.9 Å². The third-order valence-corrected chi connectivity index (χ3v) is 10.8. The Hall–Kier alpha value is -6.58. The third-order valence-electron chi connectivity index (χ3n) is 10.8. The Morgan fingerprint density at radius 1 is 0.462 bits per heavy atom. The highest BCUT2D eigenvalue weighted by Gasteiger charge is 2.41. The molecule has 0 fully saturated rings. The molecule has 52 heavy (non-hydrogen) atoms. The molecule has 3 heteroatoms. The maximum atomic E-state index is 6.47. The van der Waals surface area contributed by atoms with Crippen molar-refractivity contribution in [3.05, 3.63) is 193 Å². The Morgan fingerprint density at radius 3 is 1.88 bits per heavy atom. The Labute approximate surface area is 304 Å². The van der Waals surface area contributed by atoms with E-state index in [1.54, 1.807) is 0 Å². The second-order valence-corrected chi connectivity index (χ2v) is 14.2. The van der Waals surface area contributed by atoms with Gasteiger partial charge in [-0.15, -0.1) is 0 Å². The van der Waals surface area contributed by atoms with Crippen LogP contribution in [0.3, 0.4) is 0 Å². The zero-order chi connectivity index (χ0) is 34.8. The van der Waals surface area contributed by atoms with Gasteiger partial charge in [0.15, 0.2) is 11.5 Å². The van der Waals surface area contributed by atoms with Gasteiger partial charge in [-0.2, -0.15) is 0 Å². The summed E-state index contributed by atoms with van der Waals surface area (Å²) in [6.45, 7) is 4.67. The summed E-state index contributed by atoms with van der Waals surface area (Å²) in [4.78, 5) is 4.78. The maximum Gasteiger partial charge on any atom is 0.151 e. The van der Waals surface area contributed by atoms with Gasteiger partial charge in [-0.05, 0) is 105 Å². The number of rotatable bonds is 5. The van der Waals surface area contributed by atoms with E-state index in [0.717, 1.165) is 39.9 Å². The molecule has 0 bridgehead atoms. The van der Waals surface area contributed by atoms with E-state index in [-0.39, 0.29) is 5.41 Å². The van der Waals surface area contributed by atoms with Crippen molar-refractivity contribution in [1.29, 1.82) is 0 Å². The van der Waals surface area contributed by atoms with Crippen molar-refractivity contribution in [3.63, 3.8) is 0 Å². The highest BCUT2D eigenvalue weighted by Crippen LogP contribution is 2.60. The Bertz CT molecular complexity index is 2620. The van der Waals surface area contributed by atoms with Crippen molar-refractivity contribution in [2.45, 2.75) is 19.3 Å². The number of anilines is 6. The molecular weight excluding hydrogens is 633 g/mol. The highest BCUT2D eigenvalue weighted by molar-refractivity contribution is 5.97. The molecule has 0 N–H and O–H groups in total. The van der Waals surface area contributed by atoms with Gasteiger partial charge in [-0.3, -0.25) is 0 Å². The minimum atomic E-state index is -0.274. The van der Waals surface area contributed by atoms with E-state index in [2.05, 4.69) is 200 Å². The summed E-state index contributed by atoms with van der Waals surface area (Å²) >= 11 is 0. The number of hydrogen-bond acceptors (Lipinski definition) is 3. The summed E-state index contributed by atoms with van der Waals surface area (Å²) in [7, 11) is 0. The van der Waals surface area contributed by atoms with Crippen LogP contribution in [-0.2, 0) is 5.41 Å². The largest absolute Gasteiger partial charge is 0.453 e. The number of fused-ring (bicyclic) bond motifs is 5. The van der Waals surface area contributed by atoms with Gasteiger partial charge in [0.2, 0.25) is 0 Å². The van der Waals surface area contributed by atoms with E-state index in [4.69, 9.17) is 4.74 Å². The molecular formula is C49H36N2O. The molecule has 248 valence electrons. The van der Waals surface area contributed by atoms with E-state index in [1.807, 2.05) is 6.07 Å². The van der Waals surface area contributed by atoms with Crippen LogP contribution >= 0.6 is 0 Å². The van der Waals surface area contributed by atoms with Crippen molar-refractivity contribution in [3.8, 4) is 33.8 Å². The average molecular weight is 669 g/mol. The van der Waals surface area contributed by atoms with Crippen molar-refractivity contribution in [2.24, 2.45) is 0 Å². The van der Waals surface area contributed by atoms with Crippen molar-refractivity contribution in [2.75, 3.05) is 9.80 Å². The fourth-order valence-electron chi connectivity index (χ4n) is 8.21. The predicted molar refractivity (Wildman–Crippen MR) is 216 cm³/mol. The lowest BCUT2D eigenvalue weighted by Gasteiger charge is -2.45. The standard InChI is InChI=1S/C49H36N2O/c1-49(2)42-18-11-21-47-48(42)51(45-19-8-9-20-46(45)52-47)44-31-30-39(32-43(44)49)50(37-26-22-34(23-27-37)33-12-4-3-5-13-33)38-28-24-36(25-29-38)41-17-10-15-35-14-6-7-16-40(35)41/h3-32H,1-2H3. The molecule has 0 saturated heterocycles. The third kappa shape index (κ3) is 4.74. The molecule has 0 saturated carbocycles. The quantitative estimate of drug-likeness (QED) is 0.182. The molecule has 0 aromatic heterocycles. The molecule has 2 aliphatic rings. The smallest absolute Gasteiger partial charge is 0.151 e. The molecule has 8 aromatic carbocycles. The van der Waals surface area contributed by atoms with E-state index >= 15 is 0 Å². The normalized spacial score (nSPS) is 13.5. The first-order valence-electron chi connectivity index (χ1n) is 17.9. The van der Waals surface area contributed by atoms with E-state index < -0.39 is 0 Å². The molecule has 2 aliphatic heterocycles. The van der Waals surface area contributed by atoms with Crippen LogP contribution in [0.5, 0.6) is 11.5 Å². The van der Waals surface area contributed by atoms with Crippen LogP contribution in [0.1, 0.15) is 25.0 Å². The summed E-state index contributed by atoms with van der Waals surface area (Å²) in [5, 5.41) is 2.51. The van der Waals surface area contributed by atoms with Crippen LogP contribution in [0.2, 0.25) is 0 Å². The number of benzene rings is 8. The van der Waals surface area contributed by atoms with Gasteiger partial charge >= 0.3 is 0 Å². The summed E-state index contributed by atoms with van der Waals surface area (Å²) in [5.74, 6) is 1.76. The van der Waals surface area contributed by atoms with E-state index in [1.165, 1.54) is 49.8 Å². The molecule has 0 aliphatic carbocycles. The van der Waals surface area contributed by atoms with Gasteiger partial charge in [-0.1, -0.05) is 135 Å². The minimum Gasteiger partial charge on any atom is -0.453 e. The number of hydrogen-bond donors (Lipinski definition) is 0. The van der Waals surface area contributed by atoms with Crippen LogP contribution in [0.15, 0.2) is 182 Å². The minimum absolute atomic E-state index is 0.274. The molecule has 3 nitrogen and oxygen atoms in total. The summed E-state index contributed by atoms with van der Waals surface area (Å²) in [6, 6.07) is 65.5. The first kappa shape index (κ1) is 30.3. The monoisotopic (exact) mass is 668 g/mol. The highest BCUT2D eigenvalue weighted by atomic mass is 16.5. The van der Waals surface area contributed by atoms with Gasteiger partial charge in [0.1, 0.15) is 0 Å². The number of ether oxygens (including phenoxy) is 1. The van der Waals surface area contributed by atoms with Gasteiger partial charge in [0.25, 0.3) is 0 Å².